The van der Waals surface area contributed by atoms with Crippen LogP contribution < -0.4 is 9.20 Å². The van der Waals surface area contributed by atoms with Gasteiger partial charge in [-0.1, -0.05) is 0 Å². The molecule has 1 aromatic rings. The fourth-order valence-electron chi connectivity index (χ4n) is 0.773. The van der Waals surface area contributed by atoms with Gasteiger partial charge in [0.2, 0.25) is 0 Å². The summed E-state index contributed by atoms with van der Waals surface area (Å²) in [5, 5.41) is 0.753. The van der Waals surface area contributed by atoms with Crippen LogP contribution in [0.3, 0.4) is 0 Å². The second kappa shape index (κ2) is 4.01. The molecule has 0 amide bonds. The molecule has 0 heterocycles. The van der Waals surface area contributed by atoms with E-state index >= 15 is 0 Å². The zero-order chi connectivity index (χ0) is 8.27. The van der Waals surface area contributed by atoms with Crippen LogP contribution in [0.2, 0.25) is 10.8 Å². The standard InChI is InChI=1S/C8H9ClOSe/c1-10-7-3-6(9)4-8(5-7)11-2/h3-5H,1-2H3. The monoisotopic (exact) mass is 236 g/mol. The number of ether oxygens (including phenoxy) is 1. The Balaban J connectivity index is 3.02. The van der Waals surface area contributed by atoms with E-state index in [4.69, 9.17) is 16.3 Å². The van der Waals surface area contributed by atoms with E-state index in [1.54, 1.807) is 7.11 Å². The summed E-state index contributed by atoms with van der Waals surface area (Å²) >= 11 is 6.32. The molecule has 0 aliphatic carbocycles. The average Bonchev–Trinajstić information content (AvgIpc) is 2.03. The van der Waals surface area contributed by atoms with Crippen molar-refractivity contribution in [2.24, 2.45) is 0 Å². The first-order valence-electron chi connectivity index (χ1n) is 3.15. The molecule has 60 valence electrons. The molecule has 0 spiro atoms. The third-order valence-electron chi connectivity index (χ3n) is 1.32. The van der Waals surface area contributed by atoms with Crippen molar-refractivity contribution in [3.8, 4) is 5.75 Å². The summed E-state index contributed by atoms with van der Waals surface area (Å²) in [6.07, 6.45) is 0. The van der Waals surface area contributed by atoms with Gasteiger partial charge in [0, 0.05) is 0 Å². The molecule has 1 nitrogen and oxygen atoms in total. The van der Waals surface area contributed by atoms with Crippen LogP contribution >= 0.6 is 11.6 Å². The molecule has 0 saturated heterocycles. The van der Waals surface area contributed by atoms with Gasteiger partial charge < -0.3 is 0 Å². The topological polar surface area (TPSA) is 9.23 Å². The van der Waals surface area contributed by atoms with Crippen LogP contribution in [0.4, 0.5) is 0 Å². The number of benzene rings is 1. The number of hydrogen-bond acceptors (Lipinski definition) is 1. The van der Waals surface area contributed by atoms with Gasteiger partial charge >= 0.3 is 77.7 Å². The third kappa shape index (κ3) is 2.40. The minimum atomic E-state index is 0.484. The van der Waals surface area contributed by atoms with Gasteiger partial charge in [0.1, 0.15) is 0 Å². The summed E-state index contributed by atoms with van der Waals surface area (Å²) in [6, 6.07) is 5.81. The fourth-order valence-corrected chi connectivity index (χ4v) is 2.15. The van der Waals surface area contributed by atoms with Gasteiger partial charge in [0.25, 0.3) is 0 Å². The number of halogens is 1. The van der Waals surface area contributed by atoms with Crippen LogP contribution in [-0.4, -0.2) is 22.1 Å². The van der Waals surface area contributed by atoms with Crippen LogP contribution in [0, 0.1) is 0 Å². The second-order valence-electron chi connectivity index (χ2n) is 2.03. The van der Waals surface area contributed by atoms with Gasteiger partial charge in [-0.3, -0.25) is 0 Å². The molecule has 0 unspecified atom stereocenters. The molecule has 0 saturated carbocycles. The van der Waals surface area contributed by atoms with Crippen molar-refractivity contribution >= 4 is 31.0 Å². The Morgan fingerprint density at radius 1 is 1.36 bits per heavy atom. The van der Waals surface area contributed by atoms with Gasteiger partial charge in [-0.05, 0) is 0 Å². The van der Waals surface area contributed by atoms with E-state index in [0.717, 1.165) is 10.8 Å². The summed E-state index contributed by atoms with van der Waals surface area (Å²) < 4.78 is 6.33. The van der Waals surface area contributed by atoms with Crippen molar-refractivity contribution in [3.63, 3.8) is 0 Å². The quantitative estimate of drug-likeness (QED) is 0.710. The minimum absolute atomic E-state index is 0.484. The molecular formula is C8H9ClOSe. The van der Waals surface area contributed by atoms with E-state index in [-0.39, 0.29) is 0 Å². The molecule has 0 atom stereocenters. The Morgan fingerprint density at radius 3 is 2.64 bits per heavy atom. The van der Waals surface area contributed by atoms with Crippen molar-refractivity contribution < 1.29 is 4.74 Å². The predicted molar refractivity (Wildman–Crippen MR) is 49.3 cm³/mol. The van der Waals surface area contributed by atoms with Crippen LogP contribution in [0.15, 0.2) is 18.2 Å². The molecule has 3 heteroatoms. The molecule has 1 rings (SSSR count). The second-order valence-corrected chi connectivity index (χ2v) is 4.31. The summed E-state index contributed by atoms with van der Waals surface area (Å²) in [6.45, 7) is 0. The van der Waals surface area contributed by atoms with Crippen LogP contribution in [0.1, 0.15) is 0 Å². The average molecular weight is 236 g/mol. The van der Waals surface area contributed by atoms with Gasteiger partial charge in [-0.2, -0.15) is 0 Å². The van der Waals surface area contributed by atoms with Crippen LogP contribution in [0.25, 0.3) is 0 Å². The zero-order valence-electron chi connectivity index (χ0n) is 6.43. The molecule has 1 aromatic carbocycles. The predicted octanol–water partition coefficient (Wildman–Crippen LogP) is 1.73. The Kier molecular flexibility index (Phi) is 3.25. The fraction of sp³-hybridized carbons (Fsp3) is 0.250. The van der Waals surface area contributed by atoms with E-state index in [9.17, 15) is 0 Å². The first-order valence-corrected chi connectivity index (χ1v) is 6.09. The number of hydrogen-bond donors (Lipinski definition) is 0. The normalized spacial score (nSPS) is 9.73. The molecule has 0 aromatic heterocycles. The first-order chi connectivity index (χ1) is 5.26. The van der Waals surface area contributed by atoms with Gasteiger partial charge in [0.15, 0.2) is 0 Å². The zero-order valence-corrected chi connectivity index (χ0v) is 8.90. The van der Waals surface area contributed by atoms with Crippen molar-refractivity contribution in [1.29, 1.82) is 0 Å². The number of rotatable bonds is 2. The van der Waals surface area contributed by atoms with Crippen molar-refractivity contribution in [2.75, 3.05) is 7.11 Å². The Bertz CT molecular complexity index is 228. The maximum atomic E-state index is 5.84. The molecule has 0 aliphatic rings. The SMILES string of the molecule is COc1cc(Cl)cc([Se]C)c1. The van der Waals surface area contributed by atoms with Gasteiger partial charge in [-0.25, -0.2) is 0 Å². The molecular weight excluding hydrogens is 226 g/mol. The van der Waals surface area contributed by atoms with Crippen molar-refractivity contribution in [2.45, 2.75) is 5.82 Å². The van der Waals surface area contributed by atoms with Crippen LogP contribution in [0.5, 0.6) is 5.75 Å². The summed E-state index contributed by atoms with van der Waals surface area (Å²) in [5.74, 6) is 2.99. The van der Waals surface area contributed by atoms with E-state index in [0.29, 0.717) is 15.0 Å². The van der Waals surface area contributed by atoms with Crippen molar-refractivity contribution in [1.82, 2.24) is 0 Å². The van der Waals surface area contributed by atoms with E-state index in [1.165, 1.54) is 4.46 Å². The molecule has 0 N–H and O–H groups in total. The Labute approximate surface area is 77.9 Å². The van der Waals surface area contributed by atoms with Gasteiger partial charge in [-0.15, -0.1) is 0 Å². The Morgan fingerprint density at radius 2 is 2.09 bits per heavy atom. The molecule has 0 bridgehead atoms. The van der Waals surface area contributed by atoms with E-state index < -0.39 is 0 Å². The number of methoxy groups -OCH3 is 1. The van der Waals surface area contributed by atoms with Crippen molar-refractivity contribution in [3.05, 3.63) is 23.2 Å². The molecule has 11 heavy (non-hydrogen) atoms. The van der Waals surface area contributed by atoms with E-state index in [1.807, 2.05) is 18.2 Å². The summed E-state index contributed by atoms with van der Waals surface area (Å²) in [7, 11) is 1.65. The molecule has 0 radical (unpaired) electrons. The third-order valence-corrected chi connectivity index (χ3v) is 3.02. The van der Waals surface area contributed by atoms with Crippen LogP contribution in [-0.2, 0) is 0 Å². The molecule has 0 fully saturated rings. The summed E-state index contributed by atoms with van der Waals surface area (Å²) in [4.78, 5) is 0. The molecule has 0 aliphatic heterocycles. The Hall–Kier alpha value is -0.171. The van der Waals surface area contributed by atoms with E-state index in [2.05, 4.69) is 5.82 Å². The van der Waals surface area contributed by atoms with Gasteiger partial charge in [0.05, 0.1) is 0 Å². The first kappa shape index (κ1) is 8.92. The summed E-state index contributed by atoms with van der Waals surface area (Å²) in [5.41, 5.74) is 0. The maximum absolute atomic E-state index is 5.84.